The third-order valence-corrected chi connectivity index (χ3v) is 3.89. The maximum atomic E-state index is 5.63. The Kier molecular flexibility index (Phi) is 1.81. The average molecular weight is 208 g/mol. The predicted molar refractivity (Wildman–Crippen MR) is 55.4 cm³/mol. The predicted octanol–water partition coefficient (Wildman–Crippen LogP) is 1.13. The molecule has 2 aromatic rings. The van der Waals surface area contributed by atoms with Crippen LogP contribution in [-0.2, 0) is 19.4 Å². The van der Waals surface area contributed by atoms with Gasteiger partial charge in [-0.2, -0.15) is 0 Å². The van der Waals surface area contributed by atoms with Gasteiger partial charge in [0.2, 0.25) is 4.96 Å². The van der Waals surface area contributed by atoms with Crippen molar-refractivity contribution in [2.75, 3.05) is 0 Å². The van der Waals surface area contributed by atoms with Crippen LogP contribution in [0.25, 0.3) is 4.96 Å². The summed E-state index contributed by atoms with van der Waals surface area (Å²) < 4.78 is 2.15. The molecule has 0 aromatic carbocycles. The van der Waals surface area contributed by atoms with E-state index in [2.05, 4.69) is 14.6 Å². The number of fused-ring (bicyclic) bond motifs is 3. The van der Waals surface area contributed by atoms with E-state index in [4.69, 9.17) is 5.73 Å². The van der Waals surface area contributed by atoms with Crippen molar-refractivity contribution in [3.05, 3.63) is 16.4 Å². The molecule has 74 valence electrons. The first kappa shape index (κ1) is 8.38. The van der Waals surface area contributed by atoms with Gasteiger partial charge >= 0.3 is 0 Å². The molecule has 0 bridgehead atoms. The van der Waals surface area contributed by atoms with Gasteiger partial charge in [-0.15, -0.1) is 10.2 Å². The first-order valence-electron chi connectivity index (χ1n) is 4.95. The summed E-state index contributed by atoms with van der Waals surface area (Å²) in [6.45, 7) is 0.477. The average Bonchev–Trinajstić information content (AvgIpc) is 2.75. The summed E-state index contributed by atoms with van der Waals surface area (Å²) in [5, 5.41) is 8.23. The first-order chi connectivity index (χ1) is 6.90. The molecule has 1 aliphatic carbocycles. The molecule has 0 radical (unpaired) electrons. The van der Waals surface area contributed by atoms with Crippen LogP contribution in [0.15, 0.2) is 0 Å². The van der Waals surface area contributed by atoms with E-state index in [1.54, 1.807) is 11.3 Å². The van der Waals surface area contributed by atoms with Gasteiger partial charge in [0.1, 0.15) is 0 Å². The van der Waals surface area contributed by atoms with Gasteiger partial charge in [-0.3, -0.25) is 4.40 Å². The summed E-state index contributed by atoms with van der Waals surface area (Å²) >= 11 is 1.77. The minimum atomic E-state index is 0.477. The maximum absolute atomic E-state index is 5.63. The Morgan fingerprint density at radius 2 is 2.14 bits per heavy atom. The summed E-state index contributed by atoms with van der Waals surface area (Å²) in [6, 6.07) is 0. The molecule has 0 amide bonds. The largest absolute Gasteiger partial charge is 0.324 e. The van der Waals surface area contributed by atoms with Crippen LogP contribution in [-0.4, -0.2) is 14.6 Å². The zero-order valence-corrected chi connectivity index (χ0v) is 8.68. The van der Waals surface area contributed by atoms with E-state index >= 15 is 0 Å². The molecule has 1 aliphatic rings. The van der Waals surface area contributed by atoms with Crippen molar-refractivity contribution in [1.82, 2.24) is 14.6 Å². The molecule has 3 rings (SSSR count). The fraction of sp³-hybridized carbons (Fsp3) is 0.556. The number of aryl methyl sites for hydroxylation is 2. The van der Waals surface area contributed by atoms with Crippen LogP contribution in [0.2, 0.25) is 0 Å². The lowest BCUT2D eigenvalue weighted by atomic mass is 10.0. The minimum Gasteiger partial charge on any atom is -0.324 e. The van der Waals surface area contributed by atoms with Crippen molar-refractivity contribution in [2.24, 2.45) is 5.73 Å². The second-order valence-corrected chi connectivity index (χ2v) is 4.68. The topological polar surface area (TPSA) is 56.2 Å². The Labute approximate surface area is 85.8 Å². The molecule has 2 heterocycles. The van der Waals surface area contributed by atoms with Crippen LogP contribution in [0.3, 0.4) is 0 Å². The molecule has 0 aliphatic heterocycles. The van der Waals surface area contributed by atoms with Gasteiger partial charge in [-0.05, 0) is 25.7 Å². The quantitative estimate of drug-likeness (QED) is 0.764. The first-order valence-corrected chi connectivity index (χ1v) is 5.76. The van der Waals surface area contributed by atoms with E-state index in [0.29, 0.717) is 6.54 Å². The van der Waals surface area contributed by atoms with Gasteiger partial charge in [0.15, 0.2) is 5.82 Å². The van der Waals surface area contributed by atoms with Crippen molar-refractivity contribution in [1.29, 1.82) is 0 Å². The smallest absolute Gasteiger partial charge is 0.216 e. The fourth-order valence-corrected chi connectivity index (χ4v) is 3.25. The van der Waals surface area contributed by atoms with Crippen LogP contribution in [0, 0.1) is 0 Å². The monoisotopic (exact) mass is 208 g/mol. The van der Waals surface area contributed by atoms with Crippen LogP contribution >= 0.6 is 11.3 Å². The molecular formula is C9H12N4S. The molecule has 5 heteroatoms. The minimum absolute atomic E-state index is 0.477. The van der Waals surface area contributed by atoms with Gasteiger partial charge in [-0.25, -0.2) is 0 Å². The Morgan fingerprint density at radius 3 is 3.00 bits per heavy atom. The zero-order valence-electron chi connectivity index (χ0n) is 7.86. The number of hydrogen-bond acceptors (Lipinski definition) is 4. The summed E-state index contributed by atoms with van der Waals surface area (Å²) in [6.07, 6.45) is 4.94. The molecule has 2 aromatic heterocycles. The zero-order chi connectivity index (χ0) is 9.54. The molecule has 0 atom stereocenters. The maximum Gasteiger partial charge on any atom is 0.216 e. The van der Waals surface area contributed by atoms with Crippen molar-refractivity contribution >= 4 is 16.3 Å². The van der Waals surface area contributed by atoms with Crippen molar-refractivity contribution in [3.63, 3.8) is 0 Å². The second kappa shape index (κ2) is 3.03. The number of nitrogens with zero attached hydrogens (tertiary/aromatic N) is 3. The Hall–Kier alpha value is -0.940. The number of rotatable bonds is 1. The van der Waals surface area contributed by atoms with E-state index in [1.165, 1.54) is 29.8 Å². The van der Waals surface area contributed by atoms with Gasteiger partial charge in [-0.1, -0.05) is 11.3 Å². The normalized spacial score (nSPS) is 16.1. The Balaban J connectivity index is 2.29. The molecule has 2 N–H and O–H groups in total. The van der Waals surface area contributed by atoms with E-state index in [-0.39, 0.29) is 0 Å². The Bertz CT molecular complexity index is 470. The third-order valence-electron chi connectivity index (χ3n) is 2.76. The lowest BCUT2D eigenvalue weighted by Crippen LogP contribution is -2.08. The van der Waals surface area contributed by atoms with Crippen LogP contribution < -0.4 is 5.73 Å². The molecule has 0 saturated heterocycles. The summed E-state index contributed by atoms with van der Waals surface area (Å²) in [7, 11) is 0. The third kappa shape index (κ3) is 1.02. The van der Waals surface area contributed by atoms with Gasteiger partial charge < -0.3 is 5.73 Å². The van der Waals surface area contributed by atoms with Gasteiger partial charge in [0.25, 0.3) is 0 Å². The van der Waals surface area contributed by atoms with Crippen LogP contribution in [0.5, 0.6) is 0 Å². The molecule has 0 spiro atoms. The second-order valence-electron chi connectivity index (χ2n) is 3.62. The number of hydrogen-bond donors (Lipinski definition) is 1. The molecule has 0 saturated carbocycles. The highest BCUT2D eigenvalue weighted by atomic mass is 32.1. The molecule has 4 nitrogen and oxygen atoms in total. The lowest BCUT2D eigenvalue weighted by molar-refractivity contribution is 0.667. The highest BCUT2D eigenvalue weighted by molar-refractivity contribution is 7.17. The van der Waals surface area contributed by atoms with E-state index < -0.39 is 0 Å². The van der Waals surface area contributed by atoms with E-state index in [1.807, 2.05) is 0 Å². The molecular weight excluding hydrogens is 196 g/mol. The SMILES string of the molecule is NCc1nnc2sc3c(n12)CCCC3. The fourth-order valence-electron chi connectivity index (χ4n) is 2.09. The van der Waals surface area contributed by atoms with Crippen LogP contribution in [0.1, 0.15) is 29.2 Å². The summed E-state index contributed by atoms with van der Waals surface area (Å²) in [5.74, 6) is 0.902. The van der Waals surface area contributed by atoms with Crippen molar-refractivity contribution in [3.8, 4) is 0 Å². The summed E-state index contributed by atoms with van der Waals surface area (Å²) in [5.41, 5.74) is 7.04. The highest BCUT2D eigenvalue weighted by Gasteiger charge is 2.19. The number of thiazole rings is 1. The molecule has 0 fully saturated rings. The van der Waals surface area contributed by atoms with Crippen molar-refractivity contribution in [2.45, 2.75) is 32.2 Å². The molecule has 14 heavy (non-hydrogen) atoms. The summed E-state index contributed by atoms with van der Waals surface area (Å²) in [4.78, 5) is 2.49. The van der Waals surface area contributed by atoms with E-state index in [0.717, 1.165) is 17.2 Å². The number of aromatic nitrogens is 3. The number of nitrogens with two attached hydrogens (primary N) is 1. The van der Waals surface area contributed by atoms with Crippen LogP contribution in [0.4, 0.5) is 0 Å². The van der Waals surface area contributed by atoms with Gasteiger partial charge in [0.05, 0.1) is 6.54 Å². The van der Waals surface area contributed by atoms with E-state index in [9.17, 15) is 0 Å². The highest BCUT2D eigenvalue weighted by Crippen LogP contribution is 2.29. The standard InChI is InChI=1S/C9H12N4S/c10-5-8-11-12-9-13(8)6-3-1-2-4-7(6)14-9/h1-5,10H2. The Morgan fingerprint density at radius 1 is 1.29 bits per heavy atom. The van der Waals surface area contributed by atoms with Gasteiger partial charge in [0, 0.05) is 10.6 Å². The molecule has 0 unspecified atom stereocenters. The van der Waals surface area contributed by atoms with Crippen molar-refractivity contribution < 1.29 is 0 Å². The lowest BCUT2D eigenvalue weighted by Gasteiger charge is -2.10.